The fourth-order valence-corrected chi connectivity index (χ4v) is 4.55. The van der Waals surface area contributed by atoms with Crippen molar-refractivity contribution < 1.29 is 4.79 Å². The average Bonchev–Trinajstić information content (AvgIpc) is 3.47. The molecule has 3 aromatic heterocycles. The van der Waals surface area contributed by atoms with Crippen LogP contribution in [0.25, 0.3) is 5.65 Å². The summed E-state index contributed by atoms with van der Waals surface area (Å²) in [5.41, 5.74) is 5.87. The number of halogens is 1. The number of carbonyl (C=O) groups excluding carboxylic acids is 1. The largest absolute Gasteiger partial charge is 0.346 e. The van der Waals surface area contributed by atoms with Crippen molar-refractivity contribution >= 4 is 35.2 Å². The van der Waals surface area contributed by atoms with E-state index in [1.54, 1.807) is 10.9 Å². The van der Waals surface area contributed by atoms with Gasteiger partial charge in [-0.2, -0.15) is 0 Å². The first-order valence-electron chi connectivity index (χ1n) is 12.1. The number of anilines is 1. The number of hydrogen-bond donors (Lipinski definition) is 2. The summed E-state index contributed by atoms with van der Waals surface area (Å²) >= 11 is 6.36. The van der Waals surface area contributed by atoms with Gasteiger partial charge in [0.1, 0.15) is 5.65 Å². The first kappa shape index (κ1) is 24.0. The predicted octanol–water partition coefficient (Wildman–Crippen LogP) is 4.57. The van der Waals surface area contributed by atoms with E-state index in [0.29, 0.717) is 17.5 Å². The molecule has 0 unspecified atom stereocenters. The van der Waals surface area contributed by atoms with Gasteiger partial charge in [0.05, 0.1) is 24.8 Å². The van der Waals surface area contributed by atoms with Crippen LogP contribution >= 0.6 is 11.6 Å². The molecule has 4 aromatic rings. The Balaban J connectivity index is 1.28. The highest BCUT2D eigenvalue weighted by Gasteiger charge is 2.24. The molecule has 36 heavy (non-hydrogen) atoms. The molecule has 1 aliphatic carbocycles. The van der Waals surface area contributed by atoms with E-state index in [-0.39, 0.29) is 24.2 Å². The third-order valence-corrected chi connectivity index (χ3v) is 6.98. The van der Waals surface area contributed by atoms with Crippen LogP contribution in [0, 0.1) is 12.3 Å². The molecular weight excluding hydrogens is 476 g/mol. The van der Waals surface area contributed by atoms with Gasteiger partial charge in [-0.05, 0) is 74.4 Å². The minimum absolute atomic E-state index is 0.0809. The number of rotatable bonds is 9. The molecule has 0 atom stereocenters. The van der Waals surface area contributed by atoms with Crippen LogP contribution in [0.2, 0.25) is 5.02 Å². The highest BCUT2D eigenvalue weighted by atomic mass is 35.5. The summed E-state index contributed by atoms with van der Waals surface area (Å²) in [6.07, 6.45) is 9.57. The molecule has 9 nitrogen and oxygen atoms in total. The molecule has 186 valence electrons. The van der Waals surface area contributed by atoms with E-state index in [2.05, 4.69) is 32.9 Å². The van der Waals surface area contributed by atoms with Crippen LogP contribution in [0.15, 0.2) is 42.9 Å². The monoisotopic (exact) mass is 504 g/mol. The van der Waals surface area contributed by atoms with Crippen molar-refractivity contribution in [1.82, 2.24) is 29.7 Å². The topological polar surface area (TPSA) is 104 Å². The number of benzene rings is 1. The second-order valence-electron chi connectivity index (χ2n) is 9.52. The number of imidazole rings is 1. The molecule has 5 rings (SSSR count). The van der Waals surface area contributed by atoms with Crippen LogP contribution in [-0.2, 0) is 13.1 Å². The number of nitrogens with zero attached hydrogens (tertiary/aromatic N) is 6. The Hall–Kier alpha value is -3.72. The Bertz CT molecular complexity index is 1440. The molecule has 0 radical (unpaired) electrons. The van der Waals surface area contributed by atoms with Crippen LogP contribution in [0.4, 0.5) is 5.69 Å². The van der Waals surface area contributed by atoms with Crippen molar-refractivity contribution in [3.8, 4) is 0 Å². The number of hydrogen-bond acceptors (Lipinski definition) is 5. The zero-order valence-electron chi connectivity index (χ0n) is 20.6. The lowest BCUT2D eigenvalue weighted by molar-refractivity contribution is 0.0946. The molecule has 0 aliphatic heterocycles. The number of aromatic nitrogens is 5. The number of pyridine rings is 1. The lowest BCUT2D eigenvalue weighted by Crippen LogP contribution is -2.31. The van der Waals surface area contributed by atoms with Gasteiger partial charge < -0.3 is 14.6 Å². The maximum atomic E-state index is 12.9. The quantitative estimate of drug-likeness (QED) is 0.257. The van der Waals surface area contributed by atoms with E-state index >= 15 is 0 Å². The van der Waals surface area contributed by atoms with E-state index in [1.807, 2.05) is 54.5 Å². The SMILES string of the molecule is Cc1c(Cl)ccc(N(C=N)C(C)C)c1CNC(=O)c1cn(Cc2cn3cc(C4CC4)ccc3n2)nn1. The van der Waals surface area contributed by atoms with Crippen LogP contribution in [-0.4, -0.2) is 42.7 Å². The van der Waals surface area contributed by atoms with Crippen molar-refractivity contribution in [3.63, 3.8) is 0 Å². The van der Waals surface area contributed by atoms with Gasteiger partial charge in [-0.15, -0.1) is 5.10 Å². The van der Waals surface area contributed by atoms with Crippen molar-refractivity contribution in [2.75, 3.05) is 4.90 Å². The first-order valence-corrected chi connectivity index (χ1v) is 12.4. The molecule has 1 fully saturated rings. The van der Waals surface area contributed by atoms with Gasteiger partial charge in [0.25, 0.3) is 5.91 Å². The molecule has 0 saturated heterocycles. The zero-order valence-corrected chi connectivity index (χ0v) is 21.3. The smallest absolute Gasteiger partial charge is 0.273 e. The minimum Gasteiger partial charge on any atom is -0.346 e. The summed E-state index contributed by atoms with van der Waals surface area (Å²) in [6, 6.07) is 7.96. The van der Waals surface area contributed by atoms with Gasteiger partial charge in [0.15, 0.2) is 5.69 Å². The third-order valence-electron chi connectivity index (χ3n) is 6.57. The number of fused-ring (bicyclic) bond motifs is 1. The van der Waals surface area contributed by atoms with Gasteiger partial charge in [-0.25, -0.2) is 9.67 Å². The Morgan fingerprint density at radius 1 is 1.25 bits per heavy atom. The first-order chi connectivity index (χ1) is 17.3. The van der Waals surface area contributed by atoms with Crippen LogP contribution < -0.4 is 10.2 Å². The maximum absolute atomic E-state index is 12.9. The Kier molecular flexibility index (Phi) is 6.49. The molecule has 1 amide bonds. The molecule has 0 bridgehead atoms. The van der Waals surface area contributed by atoms with Crippen molar-refractivity contribution in [2.45, 2.75) is 58.7 Å². The van der Waals surface area contributed by atoms with Gasteiger partial charge >= 0.3 is 0 Å². The Morgan fingerprint density at radius 3 is 2.78 bits per heavy atom. The molecule has 3 heterocycles. The Morgan fingerprint density at radius 2 is 2.06 bits per heavy atom. The number of nitrogens with one attached hydrogen (secondary N) is 2. The second kappa shape index (κ2) is 9.73. The predicted molar refractivity (Wildman–Crippen MR) is 140 cm³/mol. The summed E-state index contributed by atoms with van der Waals surface area (Å²) in [5.74, 6) is 0.351. The number of amides is 1. The summed E-state index contributed by atoms with van der Waals surface area (Å²) in [5, 5.41) is 19.5. The summed E-state index contributed by atoms with van der Waals surface area (Å²) in [6.45, 7) is 6.59. The fourth-order valence-electron chi connectivity index (χ4n) is 4.38. The maximum Gasteiger partial charge on any atom is 0.273 e. The minimum atomic E-state index is -0.332. The van der Waals surface area contributed by atoms with E-state index in [0.717, 1.165) is 28.2 Å². The van der Waals surface area contributed by atoms with E-state index in [1.165, 1.54) is 24.7 Å². The highest BCUT2D eigenvalue weighted by Crippen LogP contribution is 2.39. The molecule has 10 heteroatoms. The van der Waals surface area contributed by atoms with Gasteiger partial charge in [0.2, 0.25) is 0 Å². The fraction of sp³-hybridized carbons (Fsp3) is 0.346. The standard InChI is InChI=1S/C26H29ClN8O/c1-16(2)35(15-28)24-8-7-22(27)17(3)21(24)10-29-26(36)23-14-34(32-31-23)13-20-12-33-11-19(18-4-5-18)6-9-25(33)30-20/h6-9,11-12,14-16,18,28H,4-5,10,13H2,1-3H3,(H,29,36). The lowest BCUT2D eigenvalue weighted by atomic mass is 10.0. The molecular formula is C26H29ClN8O. The molecule has 1 aliphatic rings. The van der Waals surface area contributed by atoms with E-state index in [9.17, 15) is 4.79 Å². The Labute approximate surface area is 214 Å². The van der Waals surface area contributed by atoms with E-state index in [4.69, 9.17) is 17.0 Å². The van der Waals surface area contributed by atoms with Crippen molar-refractivity contribution in [3.05, 3.63) is 76.0 Å². The second-order valence-corrected chi connectivity index (χ2v) is 9.93. The highest BCUT2D eigenvalue weighted by molar-refractivity contribution is 6.31. The third kappa shape index (κ3) is 4.83. The van der Waals surface area contributed by atoms with E-state index < -0.39 is 0 Å². The zero-order chi connectivity index (χ0) is 25.4. The lowest BCUT2D eigenvalue weighted by Gasteiger charge is -2.27. The van der Waals surface area contributed by atoms with Crippen LogP contribution in [0.3, 0.4) is 0 Å². The summed E-state index contributed by atoms with van der Waals surface area (Å²) in [4.78, 5) is 19.4. The molecule has 1 aromatic carbocycles. The van der Waals surface area contributed by atoms with Gasteiger partial charge in [-0.3, -0.25) is 10.2 Å². The van der Waals surface area contributed by atoms with Gasteiger partial charge in [0, 0.05) is 35.7 Å². The summed E-state index contributed by atoms with van der Waals surface area (Å²) < 4.78 is 3.66. The van der Waals surface area contributed by atoms with Crippen LogP contribution in [0.1, 0.15) is 65.5 Å². The number of carbonyl (C=O) groups is 1. The molecule has 1 saturated carbocycles. The van der Waals surface area contributed by atoms with Crippen molar-refractivity contribution in [2.24, 2.45) is 0 Å². The molecule has 0 spiro atoms. The van der Waals surface area contributed by atoms with Crippen LogP contribution in [0.5, 0.6) is 0 Å². The molecule has 2 N–H and O–H groups in total. The summed E-state index contributed by atoms with van der Waals surface area (Å²) in [7, 11) is 0. The van der Waals surface area contributed by atoms with Gasteiger partial charge in [-0.1, -0.05) is 22.9 Å². The normalized spacial score (nSPS) is 13.4. The van der Waals surface area contributed by atoms with Crippen molar-refractivity contribution in [1.29, 1.82) is 5.41 Å². The average molecular weight is 505 g/mol.